The van der Waals surface area contributed by atoms with Crippen LogP contribution in [-0.2, 0) is 0 Å². The van der Waals surface area contributed by atoms with Gasteiger partial charge >= 0.3 is 0 Å². The summed E-state index contributed by atoms with van der Waals surface area (Å²) in [6.45, 7) is 4.47. The summed E-state index contributed by atoms with van der Waals surface area (Å²) in [7, 11) is 0. The van der Waals surface area contributed by atoms with E-state index in [1.54, 1.807) is 30.0 Å². The van der Waals surface area contributed by atoms with Crippen LogP contribution in [0.5, 0.6) is 0 Å². The van der Waals surface area contributed by atoms with E-state index in [0.717, 1.165) is 10.9 Å². The van der Waals surface area contributed by atoms with E-state index in [4.69, 9.17) is 16.0 Å². The molecule has 1 N–H and O–H groups in total. The van der Waals surface area contributed by atoms with Crippen molar-refractivity contribution in [2.75, 3.05) is 13.1 Å². The van der Waals surface area contributed by atoms with Gasteiger partial charge < -0.3 is 14.4 Å². The molecule has 106 valence electrons. The number of likely N-dealkylation sites (tertiary alicyclic amines) is 1. The summed E-state index contributed by atoms with van der Waals surface area (Å²) in [6, 6.07) is 5.30. The molecule has 1 aromatic carbocycles. The van der Waals surface area contributed by atoms with Crippen LogP contribution in [0.15, 0.2) is 22.6 Å². The fourth-order valence-corrected chi connectivity index (χ4v) is 2.83. The lowest BCUT2D eigenvalue weighted by atomic mass is 10.1. The first-order valence-corrected chi connectivity index (χ1v) is 6.95. The molecule has 3 rings (SSSR count). The van der Waals surface area contributed by atoms with Gasteiger partial charge in [0.2, 0.25) is 0 Å². The highest BCUT2D eigenvalue weighted by molar-refractivity contribution is 6.31. The van der Waals surface area contributed by atoms with Crippen molar-refractivity contribution in [2.24, 2.45) is 0 Å². The average Bonchev–Trinajstić information content (AvgIpc) is 2.90. The summed E-state index contributed by atoms with van der Waals surface area (Å²) < 4.78 is 5.66. The number of aryl methyl sites for hydroxylation is 1. The number of benzene rings is 1. The number of nitrogens with zero attached hydrogens (tertiary/aromatic N) is 1. The average molecular weight is 294 g/mol. The molecule has 20 heavy (non-hydrogen) atoms. The van der Waals surface area contributed by atoms with Gasteiger partial charge in [0.25, 0.3) is 5.91 Å². The first-order valence-electron chi connectivity index (χ1n) is 6.58. The van der Waals surface area contributed by atoms with Crippen molar-refractivity contribution in [1.82, 2.24) is 4.90 Å². The Balaban J connectivity index is 1.98. The van der Waals surface area contributed by atoms with Crippen molar-refractivity contribution in [3.63, 3.8) is 0 Å². The Morgan fingerprint density at radius 2 is 2.25 bits per heavy atom. The van der Waals surface area contributed by atoms with E-state index < -0.39 is 5.60 Å². The number of amides is 1. The van der Waals surface area contributed by atoms with Crippen LogP contribution in [0.1, 0.15) is 29.5 Å². The summed E-state index contributed by atoms with van der Waals surface area (Å²) in [5.74, 6) is 0.160. The molecule has 2 aromatic rings. The van der Waals surface area contributed by atoms with Gasteiger partial charge in [0, 0.05) is 29.1 Å². The molecule has 0 bridgehead atoms. The maximum absolute atomic E-state index is 12.5. The Morgan fingerprint density at radius 3 is 2.90 bits per heavy atom. The number of aliphatic hydroxyl groups is 1. The minimum atomic E-state index is -0.807. The lowest BCUT2D eigenvalue weighted by Gasteiger charge is -2.18. The normalized spacial score (nSPS) is 22.7. The molecule has 1 aliphatic heterocycles. The summed E-state index contributed by atoms with van der Waals surface area (Å²) in [6.07, 6.45) is 0.587. The molecule has 0 spiro atoms. The first-order chi connectivity index (χ1) is 9.37. The number of hydrogen-bond donors (Lipinski definition) is 1. The molecule has 0 saturated carbocycles. The summed E-state index contributed by atoms with van der Waals surface area (Å²) in [4.78, 5) is 14.1. The van der Waals surface area contributed by atoms with Crippen molar-refractivity contribution in [3.8, 4) is 0 Å². The van der Waals surface area contributed by atoms with Gasteiger partial charge in [-0.05, 0) is 38.5 Å². The number of furan rings is 1. The van der Waals surface area contributed by atoms with Crippen LogP contribution < -0.4 is 0 Å². The van der Waals surface area contributed by atoms with E-state index in [2.05, 4.69) is 0 Å². The summed E-state index contributed by atoms with van der Waals surface area (Å²) in [5, 5.41) is 11.4. The fraction of sp³-hybridized carbons (Fsp3) is 0.400. The molecule has 0 aliphatic carbocycles. The standard InChI is InChI=1S/C15H16ClNO3/c1-9-11-7-10(16)3-4-12(11)20-13(9)14(18)17-6-5-15(2,19)8-17/h3-4,7,19H,5-6,8H2,1-2H3. The molecule has 2 heterocycles. The van der Waals surface area contributed by atoms with Crippen LogP contribution in [0.2, 0.25) is 5.02 Å². The predicted octanol–water partition coefficient (Wildman–Crippen LogP) is 2.99. The maximum Gasteiger partial charge on any atom is 0.289 e. The second-order valence-corrected chi connectivity index (χ2v) is 6.11. The monoisotopic (exact) mass is 293 g/mol. The third kappa shape index (κ3) is 2.19. The van der Waals surface area contributed by atoms with Crippen LogP contribution in [0.4, 0.5) is 0 Å². The molecule has 1 aliphatic rings. The molecular weight excluding hydrogens is 278 g/mol. The van der Waals surface area contributed by atoms with Crippen LogP contribution in [-0.4, -0.2) is 34.6 Å². The van der Waals surface area contributed by atoms with E-state index in [1.807, 2.05) is 6.92 Å². The quantitative estimate of drug-likeness (QED) is 0.879. The fourth-order valence-electron chi connectivity index (χ4n) is 2.66. The van der Waals surface area contributed by atoms with Gasteiger partial charge in [0.15, 0.2) is 5.76 Å². The maximum atomic E-state index is 12.5. The van der Waals surface area contributed by atoms with Crippen molar-refractivity contribution >= 4 is 28.5 Å². The predicted molar refractivity (Wildman–Crippen MR) is 77.1 cm³/mol. The minimum Gasteiger partial charge on any atom is -0.451 e. The van der Waals surface area contributed by atoms with E-state index in [0.29, 0.717) is 35.9 Å². The smallest absolute Gasteiger partial charge is 0.289 e. The van der Waals surface area contributed by atoms with Crippen LogP contribution >= 0.6 is 11.6 Å². The highest BCUT2D eigenvalue weighted by Gasteiger charge is 2.36. The zero-order chi connectivity index (χ0) is 14.5. The SMILES string of the molecule is Cc1c(C(=O)N2CCC(C)(O)C2)oc2ccc(Cl)cc12. The molecule has 1 aromatic heterocycles. The van der Waals surface area contributed by atoms with Crippen LogP contribution in [0.3, 0.4) is 0 Å². The minimum absolute atomic E-state index is 0.174. The Kier molecular flexibility index (Phi) is 3.03. The lowest BCUT2D eigenvalue weighted by molar-refractivity contribution is 0.0555. The number of fused-ring (bicyclic) bond motifs is 1. The highest BCUT2D eigenvalue weighted by Crippen LogP contribution is 2.30. The molecule has 0 radical (unpaired) electrons. The van der Waals surface area contributed by atoms with Crippen molar-refractivity contribution in [1.29, 1.82) is 0 Å². The number of hydrogen-bond acceptors (Lipinski definition) is 3. The second kappa shape index (κ2) is 4.50. The summed E-state index contributed by atoms with van der Waals surface area (Å²) in [5.41, 5.74) is 0.638. The number of rotatable bonds is 1. The van der Waals surface area contributed by atoms with Gasteiger partial charge in [-0.1, -0.05) is 11.6 Å². The molecule has 1 atom stereocenters. The van der Waals surface area contributed by atoms with Gasteiger partial charge in [0.1, 0.15) is 5.58 Å². The van der Waals surface area contributed by atoms with E-state index in [9.17, 15) is 9.90 Å². The van der Waals surface area contributed by atoms with E-state index >= 15 is 0 Å². The molecule has 1 saturated heterocycles. The number of β-amino-alcohol motifs (C(OH)–C–C–N with tert-alkyl or cyclic N) is 1. The van der Waals surface area contributed by atoms with Gasteiger partial charge in [-0.15, -0.1) is 0 Å². The van der Waals surface area contributed by atoms with Crippen molar-refractivity contribution < 1.29 is 14.3 Å². The molecule has 5 heteroatoms. The molecule has 1 fully saturated rings. The third-order valence-corrected chi connectivity index (χ3v) is 4.07. The zero-order valence-electron chi connectivity index (χ0n) is 11.4. The zero-order valence-corrected chi connectivity index (χ0v) is 12.2. The van der Waals surface area contributed by atoms with Gasteiger partial charge in [-0.25, -0.2) is 0 Å². The Hall–Kier alpha value is -1.52. The van der Waals surface area contributed by atoms with Crippen molar-refractivity contribution in [2.45, 2.75) is 25.9 Å². The molecule has 4 nitrogen and oxygen atoms in total. The molecule has 1 amide bonds. The van der Waals surface area contributed by atoms with E-state index in [-0.39, 0.29) is 5.91 Å². The first kappa shape index (κ1) is 13.5. The molecular formula is C15H16ClNO3. The largest absolute Gasteiger partial charge is 0.451 e. The highest BCUT2D eigenvalue weighted by atomic mass is 35.5. The van der Waals surface area contributed by atoms with E-state index in [1.165, 1.54) is 0 Å². The second-order valence-electron chi connectivity index (χ2n) is 5.67. The lowest BCUT2D eigenvalue weighted by Crippen LogP contribution is -2.33. The summed E-state index contributed by atoms with van der Waals surface area (Å²) >= 11 is 5.97. The number of carbonyl (C=O) groups is 1. The Labute approximate surface area is 121 Å². The Morgan fingerprint density at radius 1 is 1.50 bits per heavy atom. The number of carbonyl (C=O) groups excluding carboxylic acids is 1. The molecule has 1 unspecified atom stereocenters. The van der Waals surface area contributed by atoms with Crippen LogP contribution in [0, 0.1) is 6.92 Å². The third-order valence-electron chi connectivity index (χ3n) is 3.83. The Bertz CT molecular complexity index is 690. The van der Waals surface area contributed by atoms with Gasteiger partial charge in [0.05, 0.1) is 5.60 Å². The number of halogens is 1. The topological polar surface area (TPSA) is 53.7 Å². The van der Waals surface area contributed by atoms with Crippen LogP contribution in [0.25, 0.3) is 11.0 Å². The van der Waals surface area contributed by atoms with Gasteiger partial charge in [-0.2, -0.15) is 0 Å². The van der Waals surface area contributed by atoms with Gasteiger partial charge in [-0.3, -0.25) is 4.79 Å². The van der Waals surface area contributed by atoms with Crippen molar-refractivity contribution in [3.05, 3.63) is 34.5 Å².